The van der Waals surface area contributed by atoms with Gasteiger partial charge in [-0.25, -0.2) is 37.1 Å². The van der Waals surface area contributed by atoms with Gasteiger partial charge in [0.05, 0.1) is 61.1 Å². The molecular weight excluding hydrogens is 1060 g/mol. The minimum absolute atomic E-state index is 0.171. The lowest BCUT2D eigenvalue weighted by Gasteiger charge is -2.36. The molecule has 2 aromatic heterocycles. The number of hydrogen-bond donors (Lipinski definition) is 4. The van der Waals surface area contributed by atoms with Crippen molar-refractivity contribution in [2.75, 3.05) is 39.3 Å². The number of aromatic nitrogens is 4. The fourth-order valence-corrected chi connectivity index (χ4v) is 12.1. The van der Waals surface area contributed by atoms with E-state index in [0.717, 1.165) is 37.8 Å². The zero-order valence-electron chi connectivity index (χ0n) is 45.0. The summed E-state index contributed by atoms with van der Waals surface area (Å²) in [5, 5.41) is 12.2. The van der Waals surface area contributed by atoms with Gasteiger partial charge < -0.3 is 49.7 Å². The predicted molar refractivity (Wildman–Crippen MR) is 292 cm³/mol. The number of benzene rings is 4. The van der Waals surface area contributed by atoms with Crippen LogP contribution >= 0.6 is 0 Å². The maximum Gasteiger partial charge on any atom is 0.415 e. The van der Waals surface area contributed by atoms with E-state index in [1.54, 1.807) is 22.5 Å². The van der Waals surface area contributed by atoms with Crippen molar-refractivity contribution in [3.05, 3.63) is 156 Å². The largest absolute Gasteiger partial charge is 0.415 e. The molecule has 4 aliphatic rings. The Balaban J connectivity index is 0.760. The quantitative estimate of drug-likeness (QED) is 0.0435. The molecule has 0 bridgehead atoms. The summed E-state index contributed by atoms with van der Waals surface area (Å²) in [6.07, 6.45) is 5.55. The molecule has 18 nitrogen and oxygen atoms in total. The van der Waals surface area contributed by atoms with Crippen LogP contribution in [-0.2, 0) is 31.9 Å². The molecule has 0 radical (unpaired) electrons. The number of imidazole rings is 2. The first-order chi connectivity index (χ1) is 39.8. The van der Waals surface area contributed by atoms with Crippen molar-refractivity contribution in [2.45, 2.75) is 113 Å². The highest BCUT2D eigenvalue weighted by Crippen LogP contribution is 2.38. The normalized spacial score (nSPS) is 21.1. The number of nitrogens with zero attached hydrogens (tertiary/aromatic N) is 6. The second kappa shape index (κ2) is 26.1. The van der Waals surface area contributed by atoms with Crippen molar-refractivity contribution in [1.29, 1.82) is 0 Å². The summed E-state index contributed by atoms with van der Waals surface area (Å²) >= 11 is 0. The number of rotatable bonds is 15. The third-order valence-corrected chi connectivity index (χ3v) is 15.8. The number of piperazine rings is 2. The average molecular weight is 1130 g/mol. The van der Waals surface area contributed by atoms with Gasteiger partial charge in [0.15, 0.2) is 11.4 Å². The van der Waals surface area contributed by atoms with Crippen LogP contribution in [0.15, 0.2) is 110 Å². The topological polar surface area (TPSA) is 211 Å². The lowest BCUT2D eigenvalue weighted by molar-refractivity contribution is -0.144. The Bertz CT molecular complexity index is 3030. The molecule has 2 aliphatic heterocycles. The predicted octanol–water partition coefficient (Wildman–Crippen LogP) is 8.24. The number of nitrogens with one attached hydrogen (secondary N) is 4. The molecule has 4 N–H and O–H groups in total. The molecule has 22 heteroatoms. The molecule has 0 unspecified atom stereocenters. The van der Waals surface area contributed by atoms with Crippen molar-refractivity contribution >= 4 is 35.9 Å². The zero-order chi connectivity index (χ0) is 57.3. The highest BCUT2D eigenvalue weighted by atomic mass is 19.1. The van der Waals surface area contributed by atoms with E-state index in [1.807, 2.05) is 69.8 Å². The number of hydrogen-bond acceptors (Lipinski definition) is 12. The summed E-state index contributed by atoms with van der Waals surface area (Å²) in [6.45, 7) is 2.44. The van der Waals surface area contributed by atoms with E-state index in [2.05, 4.69) is 31.2 Å². The summed E-state index contributed by atoms with van der Waals surface area (Å²) < 4.78 is 70.8. The van der Waals surface area contributed by atoms with Gasteiger partial charge in [0, 0.05) is 74.6 Å². The molecule has 2 saturated carbocycles. The molecule has 6 aromatic rings. The molecule has 0 spiro atoms. The van der Waals surface area contributed by atoms with E-state index in [0.29, 0.717) is 98.6 Å². The van der Waals surface area contributed by atoms with Crippen LogP contribution in [0.3, 0.4) is 0 Å². The van der Waals surface area contributed by atoms with Gasteiger partial charge in [-0.2, -0.15) is 0 Å². The van der Waals surface area contributed by atoms with Crippen molar-refractivity contribution in [1.82, 2.24) is 50.2 Å². The van der Waals surface area contributed by atoms with Gasteiger partial charge in [-0.1, -0.05) is 86.3 Å². The number of alkyl carbamates (subject to hydrolysis) is 2. The van der Waals surface area contributed by atoms with Crippen LogP contribution in [0.5, 0.6) is 0 Å². The molecule has 4 heterocycles. The van der Waals surface area contributed by atoms with Crippen LogP contribution in [0, 0.1) is 23.3 Å². The van der Waals surface area contributed by atoms with E-state index < -0.39 is 96.5 Å². The lowest BCUT2D eigenvalue weighted by atomic mass is 9.89. The molecular formula is C60H64F4N10O8. The Kier molecular flexibility index (Phi) is 18.2. The summed E-state index contributed by atoms with van der Waals surface area (Å²) in [7, 11) is 0. The first kappa shape index (κ1) is 57.0. The number of ether oxygens (including phenoxy) is 2. The highest BCUT2D eigenvalue weighted by Gasteiger charge is 2.38. The maximum absolute atomic E-state index is 14.6. The molecule has 2 aliphatic carbocycles. The minimum Gasteiger partial charge on any atom is -0.376 e. The van der Waals surface area contributed by atoms with Gasteiger partial charge >= 0.3 is 24.1 Å². The Morgan fingerprint density at radius 2 is 0.902 bits per heavy atom. The molecule has 430 valence electrons. The summed E-state index contributed by atoms with van der Waals surface area (Å²) in [5.74, 6) is -5.61. The standard InChI is InChI=1S/C60H64F4N10O8/c61-41-25-37(26-42(62)31-41)29-45-33-65-21-23-71(45)57(77)53-55(39-11-3-1-4-12-39)73(35-67-53)49-17-9-7-15-47(49)69-59(79)81-51(75)19-20-52(76)82-60(80)70-48-16-8-10-18-50(48)74-36-68-54(56(74)40-13-5-2-6-14-40)58(78)72-24-22-66-34-46(72)30-38-27-43(63)32-44(64)28-38/h1-6,11-14,25-28,31-32,35-36,45-50,65-66H,7-10,15-24,29-30,33-34H2,(H,69,79)(H,70,80)/t45-,46-,47+,48+,49+,50+/m1/s1. The molecule has 2 saturated heterocycles. The van der Waals surface area contributed by atoms with Gasteiger partial charge in [-0.05, 0) is 73.9 Å². The molecule has 10 rings (SSSR count). The van der Waals surface area contributed by atoms with Crippen molar-refractivity contribution in [3.8, 4) is 22.5 Å². The van der Waals surface area contributed by atoms with Crippen LogP contribution < -0.4 is 21.3 Å². The lowest BCUT2D eigenvalue weighted by Crippen LogP contribution is -2.54. The number of halogens is 4. The monoisotopic (exact) mass is 1130 g/mol. The molecule has 4 amide bonds. The van der Waals surface area contributed by atoms with Crippen LogP contribution in [0.4, 0.5) is 27.2 Å². The molecule has 82 heavy (non-hydrogen) atoms. The Morgan fingerprint density at radius 1 is 0.524 bits per heavy atom. The van der Waals surface area contributed by atoms with Gasteiger partial charge in [0.1, 0.15) is 23.3 Å². The second-order valence-corrected chi connectivity index (χ2v) is 21.3. The number of carbonyl (C=O) groups is 6. The second-order valence-electron chi connectivity index (χ2n) is 21.3. The Labute approximate surface area is 470 Å². The third kappa shape index (κ3) is 13.6. The SMILES string of the molecule is O=C(CCC(=O)OC(=O)N[C@H]1CCCC[C@@H]1n1cnc(C(=O)N2CCNC[C@H]2Cc2cc(F)cc(F)c2)c1-c1ccccc1)OC(=O)N[C@H]1CCCC[C@@H]1n1cnc(C(=O)N2CCNC[C@H]2Cc2cc(F)cc(F)c2)c1-c1ccccc1. The molecule has 6 atom stereocenters. The Hall–Kier alpha value is -8.24. The van der Waals surface area contributed by atoms with E-state index in [4.69, 9.17) is 9.47 Å². The Morgan fingerprint density at radius 3 is 1.29 bits per heavy atom. The van der Waals surface area contributed by atoms with E-state index in [-0.39, 0.29) is 36.0 Å². The first-order valence-corrected chi connectivity index (χ1v) is 28.0. The third-order valence-electron chi connectivity index (χ3n) is 15.8. The smallest absolute Gasteiger partial charge is 0.376 e. The fraction of sp³-hybridized carbons (Fsp3) is 0.400. The average Bonchev–Trinajstić information content (AvgIpc) is 4.17. The minimum atomic E-state index is -1.04. The van der Waals surface area contributed by atoms with Crippen molar-refractivity contribution in [2.24, 2.45) is 0 Å². The summed E-state index contributed by atoms with van der Waals surface area (Å²) in [4.78, 5) is 94.8. The fourth-order valence-electron chi connectivity index (χ4n) is 12.1. The van der Waals surface area contributed by atoms with Gasteiger partial charge in [-0.15, -0.1) is 0 Å². The number of carbonyl (C=O) groups excluding carboxylic acids is 6. The zero-order valence-corrected chi connectivity index (χ0v) is 45.0. The van der Waals surface area contributed by atoms with Crippen LogP contribution in [-0.4, -0.2) is 128 Å². The van der Waals surface area contributed by atoms with Gasteiger partial charge in [-0.3, -0.25) is 19.2 Å². The van der Waals surface area contributed by atoms with E-state index in [9.17, 15) is 46.3 Å². The van der Waals surface area contributed by atoms with Crippen LogP contribution in [0.25, 0.3) is 22.5 Å². The maximum atomic E-state index is 14.6. The summed E-state index contributed by atoms with van der Waals surface area (Å²) in [5.41, 5.74) is 3.60. The molecule has 4 fully saturated rings. The van der Waals surface area contributed by atoms with Crippen molar-refractivity contribution < 1.29 is 55.8 Å². The van der Waals surface area contributed by atoms with E-state index in [1.165, 1.54) is 24.3 Å². The van der Waals surface area contributed by atoms with Crippen LogP contribution in [0.1, 0.15) is 108 Å². The van der Waals surface area contributed by atoms with Gasteiger partial charge in [0.2, 0.25) is 0 Å². The first-order valence-electron chi connectivity index (χ1n) is 28.0. The highest BCUT2D eigenvalue weighted by molar-refractivity contribution is 5.99. The van der Waals surface area contributed by atoms with E-state index >= 15 is 0 Å². The summed E-state index contributed by atoms with van der Waals surface area (Å²) in [6, 6.07) is 22.3. The molecule has 4 aromatic carbocycles. The van der Waals surface area contributed by atoms with Crippen molar-refractivity contribution in [3.63, 3.8) is 0 Å². The van der Waals surface area contributed by atoms with Crippen LogP contribution in [0.2, 0.25) is 0 Å². The van der Waals surface area contributed by atoms with Gasteiger partial charge in [0.25, 0.3) is 11.8 Å². The number of amides is 4. The number of esters is 2.